The van der Waals surface area contributed by atoms with E-state index in [2.05, 4.69) is 42.5 Å². The second-order valence-corrected chi connectivity index (χ2v) is 11.8. The highest BCUT2D eigenvalue weighted by Crippen LogP contribution is 2.41. The smallest absolute Gasteiger partial charge is 0.238 e. The number of benzene rings is 7. The van der Waals surface area contributed by atoms with Crippen LogP contribution in [0.25, 0.3) is 83.9 Å². The van der Waals surface area contributed by atoms with Crippen molar-refractivity contribution >= 4 is 21.8 Å². The second kappa shape index (κ2) is 12.2. The molecule has 0 atom stereocenters. The molecular weight excluding hydrogens is 597 g/mol. The van der Waals surface area contributed by atoms with E-state index in [-0.39, 0.29) is 30.1 Å². The lowest BCUT2D eigenvalue weighted by atomic mass is 9.91. The molecule has 4 nitrogen and oxygen atoms in total. The van der Waals surface area contributed by atoms with Crippen LogP contribution in [0.5, 0.6) is 0 Å². The van der Waals surface area contributed by atoms with Crippen molar-refractivity contribution in [2.75, 3.05) is 0 Å². The summed E-state index contributed by atoms with van der Waals surface area (Å²) >= 11 is 0. The maximum absolute atomic E-state index is 9.29. The molecule has 4 heteroatoms. The molecule has 7 aromatic carbocycles. The van der Waals surface area contributed by atoms with Gasteiger partial charge in [0.05, 0.1) is 16.5 Å². The predicted molar refractivity (Wildman–Crippen MR) is 201 cm³/mol. The summed E-state index contributed by atoms with van der Waals surface area (Å²) in [5.41, 5.74) is 8.46. The molecule has 9 rings (SSSR count). The Morgan fingerprint density at radius 3 is 1.45 bits per heavy atom. The molecule has 0 bridgehead atoms. The monoisotopic (exact) mass is 630 g/mol. The zero-order valence-electron chi connectivity index (χ0n) is 30.3. The zero-order chi connectivity index (χ0) is 36.1. The largest absolute Gasteiger partial charge is 0.278 e. The number of hydrogen-bond acceptors (Lipinski definition) is 3. The average Bonchev–Trinajstić information content (AvgIpc) is 3.59. The molecule has 0 radical (unpaired) electrons. The Labute approximate surface area is 290 Å². The second-order valence-electron chi connectivity index (χ2n) is 11.8. The van der Waals surface area contributed by atoms with Crippen LogP contribution in [-0.4, -0.2) is 19.5 Å². The maximum Gasteiger partial charge on any atom is 0.238 e. The Morgan fingerprint density at radius 2 is 0.898 bits per heavy atom. The number of fused-ring (bicyclic) bond motifs is 3. The molecule has 230 valence electrons. The normalized spacial score (nSPS) is 12.4. The van der Waals surface area contributed by atoms with Crippen molar-refractivity contribution in [1.82, 2.24) is 19.5 Å². The molecule has 0 unspecified atom stereocenters. The van der Waals surface area contributed by atoms with Crippen LogP contribution >= 0.6 is 0 Å². The van der Waals surface area contributed by atoms with E-state index in [1.165, 1.54) is 0 Å². The van der Waals surface area contributed by atoms with E-state index in [1.54, 1.807) is 4.57 Å². The molecule has 0 amide bonds. The van der Waals surface area contributed by atoms with E-state index in [4.69, 9.17) is 17.7 Å². The van der Waals surface area contributed by atoms with Crippen molar-refractivity contribution < 1.29 is 5.48 Å². The Hall–Kier alpha value is -6.65. The van der Waals surface area contributed by atoms with Gasteiger partial charge < -0.3 is 0 Å². The first-order chi connectivity index (χ1) is 26.0. The first-order valence-corrected chi connectivity index (χ1v) is 16.1. The molecule has 0 fully saturated rings. The Bertz CT molecular complexity index is 2690. The molecule has 0 saturated carbocycles. The van der Waals surface area contributed by atoms with Crippen molar-refractivity contribution in [3.05, 3.63) is 182 Å². The Kier molecular flexibility index (Phi) is 6.09. The lowest BCUT2D eigenvalue weighted by molar-refractivity contribution is 0.953. The lowest BCUT2D eigenvalue weighted by Crippen LogP contribution is -2.06. The van der Waals surface area contributed by atoms with E-state index in [1.807, 2.05) is 115 Å². The number of hydrogen-bond donors (Lipinski definition) is 0. The van der Waals surface area contributed by atoms with Gasteiger partial charge in [0, 0.05) is 21.9 Å². The van der Waals surface area contributed by atoms with Gasteiger partial charge in [-0.1, -0.05) is 152 Å². The lowest BCUT2D eigenvalue weighted by Gasteiger charge is -2.13. The molecule has 0 aliphatic heterocycles. The van der Waals surface area contributed by atoms with Crippen LogP contribution in [-0.2, 0) is 0 Å². The van der Waals surface area contributed by atoms with Crippen LogP contribution in [0.3, 0.4) is 0 Å². The fourth-order valence-electron chi connectivity index (χ4n) is 6.49. The van der Waals surface area contributed by atoms with Gasteiger partial charge in [0.25, 0.3) is 0 Å². The molecule has 0 N–H and O–H groups in total. The van der Waals surface area contributed by atoms with E-state index in [0.717, 1.165) is 44.5 Å². The molecular formula is C45H30N4. The number of aromatic nitrogens is 4. The summed E-state index contributed by atoms with van der Waals surface area (Å²) in [6.45, 7) is 0. The average molecular weight is 631 g/mol. The number of para-hydroxylation sites is 1. The standard InChI is InChI=1S/C45H30N4/c1-5-16-31(17-6-1)35-28-36(32-18-7-2-8-19-32)30-37(29-35)38-25-15-27-41-42(38)39-24-13-14-26-40(39)49(41)45-47-43(33-20-9-3-10-21-33)46-44(48-45)34-22-11-4-12-23-34/h1-30H/i13D,14D,24D,26D. The van der Waals surface area contributed by atoms with Crippen molar-refractivity contribution in [3.63, 3.8) is 0 Å². The van der Waals surface area contributed by atoms with Crippen LogP contribution in [0.1, 0.15) is 5.48 Å². The van der Waals surface area contributed by atoms with Crippen LogP contribution in [0, 0.1) is 0 Å². The molecule has 0 saturated heterocycles. The molecule has 0 spiro atoms. The topological polar surface area (TPSA) is 43.6 Å². The summed E-state index contributed by atoms with van der Waals surface area (Å²) in [5.74, 6) is 1.15. The highest BCUT2D eigenvalue weighted by molar-refractivity contribution is 6.16. The highest BCUT2D eigenvalue weighted by Gasteiger charge is 2.20. The summed E-state index contributed by atoms with van der Waals surface area (Å²) in [4.78, 5) is 14.9. The quantitative estimate of drug-likeness (QED) is 0.184. The van der Waals surface area contributed by atoms with E-state index in [0.29, 0.717) is 33.5 Å². The summed E-state index contributed by atoms with van der Waals surface area (Å²) in [7, 11) is 0. The number of rotatable bonds is 6. The van der Waals surface area contributed by atoms with E-state index < -0.39 is 0 Å². The van der Waals surface area contributed by atoms with E-state index >= 15 is 0 Å². The first-order valence-electron chi connectivity index (χ1n) is 18.1. The Balaban J connectivity index is 1.39. The van der Waals surface area contributed by atoms with Gasteiger partial charge in [-0.25, -0.2) is 4.98 Å². The molecule has 0 aliphatic carbocycles. The van der Waals surface area contributed by atoms with Gasteiger partial charge in [-0.3, -0.25) is 4.57 Å². The summed E-state index contributed by atoms with van der Waals surface area (Å²) in [6, 6.07) is 51.3. The third kappa shape index (κ3) is 5.26. The van der Waals surface area contributed by atoms with Crippen LogP contribution in [0.4, 0.5) is 0 Å². The molecule has 2 aromatic heterocycles. The summed E-state index contributed by atoms with van der Waals surface area (Å²) in [5, 5.41) is 1.08. The summed E-state index contributed by atoms with van der Waals surface area (Å²) in [6.07, 6.45) is 0. The van der Waals surface area contributed by atoms with Crippen LogP contribution in [0.2, 0.25) is 0 Å². The van der Waals surface area contributed by atoms with Crippen molar-refractivity contribution in [2.24, 2.45) is 0 Å². The van der Waals surface area contributed by atoms with Crippen LogP contribution < -0.4 is 0 Å². The fourth-order valence-corrected chi connectivity index (χ4v) is 6.49. The van der Waals surface area contributed by atoms with Gasteiger partial charge in [-0.05, 0) is 63.7 Å². The third-order valence-electron chi connectivity index (χ3n) is 8.77. The fraction of sp³-hybridized carbons (Fsp3) is 0. The molecule has 49 heavy (non-hydrogen) atoms. The zero-order valence-corrected chi connectivity index (χ0v) is 26.3. The molecule has 9 aromatic rings. The van der Waals surface area contributed by atoms with Gasteiger partial charge in [0.2, 0.25) is 5.95 Å². The first kappa shape index (κ1) is 24.5. The van der Waals surface area contributed by atoms with Crippen LogP contribution in [0.15, 0.2) is 182 Å². The van der Waals surface area contributed by atoms with Gasteiger partial charge in [-0.15, -0.1) is 0 Å². The minimum absolute atomic E-state index is 0.125. The van der Waals surface area contributed by atoms with Crippen molar-refractivity contribution in [1.29, 1.82) is 0 Å². The Morgan fingerprint density at radius 1 is 0.408 bits per heavy atom. The highest BCUT2D eigenvalue weighted by atomic mass is 15.2. The third-order valence-corrected chi connectivity index (χ3v) is 8.77. The minimum atomic E-state index is -0.328. The van der Waals surface area contributed by atoms with Gasteiger partial charge >= 0.3 is 0 Å². The van der Waals surface area contributed by atoms with Crippen molar-refractivity contribution in [2.45, 2.75) is 0 Å². The molecule has 2 heterocycles. The van der Waals surface area contributed by atoms with E-state index in [9.17, 15) is 2.74 Å². The summed E-state index contributed by atoms with van der Waals surface area (Å²) < 4.78 is 37.9. The predicted octanol–water partition coefficient (Wildman–Crippen LogP) is 11.3. The maximum atomic E-state index is 9.29. The van der Waals surface area contributed by atoms with Gasteiger partial charge in [0.1, 0.15) is 0 Å². The minimum Gasteiger partial charge on any atom is -0.278 e. The van der Waals surface area contributed by atoms with Gasteiger partial charge in [-0.2, -0.15) is 9.97 Å². The molecule has 0 aliphatic rings. The SMILES string of the molecule is [2H]c1c([2H])c([2H])c2c(c1[2H])c1c(-c3cc(-c4ccccc4)cc(-c4ccccc4)c3)cccc1n2-c1nc(-c2ccccc2)nc(-c2ccccc2)n1. The number of nitrogens with zero attached hydrogens (tertiary/aromatic N) is 4. The van der Waals surface area contributed by atoms with Gasteiger partial charge in [0.15, 0.2) is 11.6 Å². The van der Waals surface area contributed by atoms with Crippen molar-refractivity contribution in [3.8, 4) is 62.1 Å².